The van der Waals surface area contributed by atoms with Crippen LogP contribution in [0, 0.1) is 5.41 Å². The number of aliphatic hydroxyl groups excluding tert-OH is 1. The molecule has 0 spiro atoms. The normalized spacial score (nSPS) is 34.1. The molecule has 1 atom stereocenters. The van der Waals surface area contributed by atoms with Gasteiger partial charge in [-0.1, -0.05) is 6.42 Å². The molecule has 4 nitrogen and oxygen atoms in total. The molecule has 0 radical (unpaired) electrons. The number of nitrogens with zero attached hydrogens (tertiary/aromatic N) is 2. The van der Waals surface area contributed by atoms with Crippen LogP contribution in [0.1, 0.15) is 19.3 Å². The minimum atomic E-state index is 0.0524. The molecule has 0 aromatic heterocycles. The van der Waals surface area contributed by atoms with E-state index in [0.29, 0.717) is 0 Å². The van der Waals surface area contributed by atoms with Crippen LogP contribution in [0.15, 0.2) is 0 Å². The highest BCUT2D eigenvalue weighted by Gasteiger charge is 2.41. The third-order valence-electron chi connectivity index (χ3n) is 4.63. The number of ether oxygens (including phenoxy) is 1. The summed E-state index contributed by atoms with van der Waals surface area (Å²) in [5.41, 5.74) is 0.0524. The summed E-state index contributed by atoms with van der Waals surface area (Å²) in [6.07, 6.45) is 4.13. The van der Waals surface area contributed by atoms with E-state index in [1.165, 1.54) is 38.9 Å². The molecule has 3 saturated heterocycles. The number of hydrogen-bond acceptors (Lipinski definition) is 4. The second-order valence-corrected chi connectivity index (χ2v) is 6.07. The Balaban J connectivity index is 1.55. The van der Waals surface area contributed by atoms with Crippen LogP contribution in [-0.2, 0) is 4.74 Å². The molecule has 3 aliphatic rings. The zero-order valence-corrected chi connectivity index (χ0v) is 10.6. The Morgan fingerprint density at radius 2 is 2.06 bits per heavy atom. The van der Waals surface area contributed by atoms with Crippen molar-refractivity contribution in [2.24, 2.45) is 5.41 Å². The Hall–Kier alpha value is -0.160. The van der Waals surface area contributed by atoms with E-state index in [2.05, 4.69) is 9.80 Å². The van der Waals surface area contributed by atoms with Crippen LogP contribution >= 0.6 is 0 Å². The van der Waals surface area contributed by atoms with Crippen molar-refractivity contribution in [1.82, 2.24) is 9.80 Å². The van der Waals surface area contributed by atoms with Crippen molar-refractivity contribution in [3.05, 3.63) is 0 Å². The number of rotatable bonds is 3. The monoisotopic (exact) mass is 240 g/mol. The molecule has 3 aliphatic heterocycles. The maximum absolute atomic E-state index is 9.48. The van der Waals surface area contributed by atoms with Crippen LogP contribution < -0.4 is 0 Å². The largest absolute Gasteiger partial charge is 0.396 e. The van der Waals surface area contributed by atoms with Gasteiger partial charge >= 0.3 is 0 Å². The summed E-state index contributed by atoms with van der Waals surface area (Å²) in [4.78, 5) is 5.20. The van der Waals surface area contributed by atoms with Crippen molar-refractivity contribution in [2.45, 2.75) is 25.3 Å². The molecule has 3 fully saturated rings. The van der Waals surface area contributed by atoms with E-state index in [1.54, 1.807) is 0 Å². The number of aliphatic hydroxyl groups is 1. The van der Waals surface area contributed by atoms with Gasteiger partial charge in [-0.25, -0.2) is 0 Å². The summed E-state index contributed by atoms with van der Waals surface area (Å²) in [5.74, 6) is 0. The highest BCUT2D eigenvalue weighted by molar-refractivity contribution is 4.92. The predicted molar refractivity (Wildman–Crippen MR) is 66.0 cm³/mol. The highest BCUT2D eigenvalue weighted by Crippen LogP contribution is 2.30. The topological polar surface area (TPSA) is 35.9 Å². The molecular formula is C13H24N2O2. The maximum atomic E-state index is 9.48. The van der Waals surface area contributed by atoms with Gasteiger partial charge < -0.3 is 9.84 Å². The van der Waals surface area contributed by atoms with Gasteiger partial charge in [-0.05, 0) is 19.4 Å². The summed E-state index contributed by atoms with van der Waals surface area (Å²) >= 11 is 0. The van der Waals surface area contributed by atoms with Crippen molar-refractivity contribution in [1.29, 1.82) is 0 Å². The van der Waals surface area contributed by atoms with E-state index in [1.807, 2.05) is 0 Å². The third kappa shape index (κ3) is 2.36. The van der Waals surface area contributed by atoms with Gasteiger partial charge in [0.2, 0.25) is 0 Å². The molecular weight excluding hydrogens is 216 g/mol. The average molecular weight is 240 g/mol. The Morgan fingerprint density at radius 3 is 2.76 bits per heavy atom. The predicted octanol–water partition coefficient (Wildman–Crippen LogP) is 0.165. The third-order valence-corrected chi connectivity index (χ3v) is 4.63. The summed E-state index contributed by atoms with van der Waals surface area (Å²) in [6.45, 7) is 7.66. The zero-order chi connectivity index (χ0) is 11.7. The number of piperidine rings is 1. The van der Waals surface area contributed by atoms with Gasteiger partial charge in [-0.15, -0.1) is 0 Å². The minimum Gasteiger partial charge on any atom is -0.396 e. The van der Waals surface area contributed by atoms with E-state index >= 15 is 0 Å². The second-order valence-electron chi connectivity index (χ2n) is 6.07. The second kappa shape index (κ2) is 4.84. The minimum absolute atomic E-state index is 0.0524. The standard InChI is InChI=1S/C13H24N2O2/c16-9-13(10-17-11-13)8-14-5-6-15-4-2-1-3-12(15)7-14/h12,16H,1-11H2. The van der Waals surface area contributed by atoms with Crippen molar-refractivity contribution in [3.8, 4) is 0 Å². The van der Waals surface area contributed by atoms with Crippen LogP contribution in [0.2, 0.25) is 0 Å². The lowest BCUT2D eigenvalue weighted by molar-refractivity contribution is -0.152. The first-order valence-electron chi connectivity index (χ1n) is 6.96. The average Bonchev–Trinajstić information content (AvgIpc) is 2.34. The summed E-state index contributed by atoms with van der Waals surface area (Å²) in [5, 5.41) is 9.48. The Kier molecular flexibility index (Phi) is 3.39. The molecule has 0 bridgehead atoms. The summed E-state index contributed by atoms with van der Waals surface area (Å²) in [6, 6.07) is 0.772. The number of hydrogen-bond donors (Lipinski definition) is 1. The number of fused-ring (bicyclic) bond motifs is 1. The molecule has 17 heavy (non-hydrogen) atoms. The molecule has 3 heterocycles. The lowest BCUT2D eigenvalue weighted by atomic mass is 9.85. The molecule has 98 valence electrons. The fourth-order valence-corrected chi connectivity index (χ4v) is 3.46. The fourth-order valence-electron chi connectivity index (χ4n) is 3.46. The molecule has 0 aliphatic carbocycles. The van der Waals surface area contributed by atoms with Crippen molar-refractivity contribution in [2.75, 3.05) is 52.5 Å². The van der Waals surface area contributed by atoms with Gasteiger partial charge in [0.05, 0.1) is 25.2 Å². The van der Waals surface area contributed by atoms with Crippen molar-refractivity contribution >= 4 is 0 Å². The van der Waals surface area contributed by atoms with Gasteiger partial charge in [0.1, 0.15) is 0 Å². The van der Waals surface area contributed by atoms with E-state index in [-0.39, 0.29) is 12.0 Å². The SMILES string of the molecule is OCC1(CN2CCN3CCCCC3C2)COC1. The van der Waals surface area contributed by atoms with Gasteiger partial charge in [-0.3, -0.25) is 9.80 Å². The van der Waals surface area contributed by atoms with Crippen LogP contribution in [0.3, 0.4) is 0 Å². The summed E-state index contributed by atoms with van der Waals surface area (Å²) in [7, 11) is 0. The molecule has 1 unspecified atom stereocenters. The molecule has 0 aromatic carbocycles. The van der Waals surface area contributed by atoms with Crippen molar-refractivity contribution in [3.63, 3.8) is 0 Å². The number of piperazine rings is 1. The van der Waals surface area contributed by atoms with Gasteiger partial charge in [0, 0.05) is 32.2 Å². The quantitative estimate of drug-likeness (QED) is 0.762. The first kappa shape index (κ1) is 11.9. The zero-order valence-electron chi connectivity index (χ0n) is 10.6. The van der Waals surface area contributed by atoms with E-state index in [9.17, 15) is 5.11 Å². The van der Waals surface area contributed by atoms with E-state index < -0.39 is 0 Å². The summed E-state index contributed by atoms with van der Waals surface area (Å²) < 4.78 is 5.28. The van der Waals surface area contributed by atoms with Gasteiger partial charge in [0.25, 0.3) is 0 Å². The maximum Gasteiger partial charge on any atom is 0.0579 e. The molecule has 1 N–H and O–H groups in total. The molecule has 4 heteroatoms. The van der Waals surface area contributed by atoms with Crippen LogP contribution in [-0.4, -0.2) is 73.5 Å². The smallest absolute Gasteiger partial charge is 0.0579 e. The van der Waals surface area contributed by atoms with Gasteiger partial charge in [0.15, 0.2) is 0 Å². The Morgan fingerprint density at radius 1 is 1.18 bits per heavy atom. The molecule has 0 saturated carbocycles. The van der Waals surface area contributed by atoms with Crippen LogP contribution in [0.5, 0.6) is 0 Å². The highest BCUT2D eigenvalue weighted by atomic mass is 16.5. The lowest BCUT2D eigenvalue weighted by Crippen LogP contribution is -2.60. The first-order chi connectivity index (χ1) is 8.31. The van der Waals surface area contributed by atoms with Crippen LogP contribution in [0.4, 0.5) is 0 Å². The van der Waals surface area contributed by atoms with Crippen LogP contribution in [0.25, 0.3) is 0 Å². The van der Waals surface area contributed by atoms with Gasteiger partial charge in [-0.2, -0.15) is 0 Å². The molecule has 3 rings (SSSR count). The van der Waals surface area contributed by atoms with Crippen molar-refractivity contribution < 1.29 is 9.84 Å². The van der Waals surface area contributed by atoms with E-state index in [0.717, 1.165) is 32.3 Å². The lowest BCUT2D eigenvalue weighted by Gasteiger charge is -2.48. The Labute approximate surface area is 104 Å². The molecule has 0 amide bonds. The first-order valence-corrected chi connectivity index (χ1v) is 6.96. The van der Waals surface area contributed by atoms with E-state index in [4.69, 9.17) is 4.74 Å². The molecule has 0 aromatic rings. The fraction of sp³-hybridized carbons (Fsp3) is 1.00. The Bertz CT molecular complexity index is 263.